The van der Waals surface area contributed by atoms with Gasteiger partial charge in [-0.05, 0) is 12.1 Å². The van der Waals surface area contributed by atoms with Crippen LogP contribution in [0.25, 0.3) is 10.9 Å². The minimum atomic E-state index is -0.704. The molecular formula is C17H14N4O4. The summed E-state index contributed by atoms with van der Waals surface area (Å²) in [6, 6.07) is 12.5. The Hall–Kier alpha value is -3.42. The monoisotopic (exact) mass is 338 g/mol. The fourth-order valence-corrected chi connectivity index (χ4v) is 2.72. The van der Waals surface area contributed by atoms with Gasteiger partial charge in [-0.15, -0.1) is 0 Å². The first-order valence-corrected chi connectivity index (χ1v) is 7.74. The topological polar surface area (TPSA) is 108 Å². The Bertz CT molecular complexity index is 1040. The molecule has 3 aromatic rings. The number of rotatable bonds is 3. The van der Waals surface area contributed by atoms with Gasteiger partial charge in [0.2, 0.25) is 5.88 Å². The molecule has 1 aromatic carbocycles. The summed E-state index contributed by atoms with van der Waals surface area (Å²) in [5.74, 6) is 0.0925. The van der Waals surface area contributed by atoms with Crippen molar-refractivity contribution in [2.45, 2.75) is 6.10 Å². The van der Waals surface area contributed by atoms with Crippen molar-refractivity contribution in [2.75, 3.05) is 13.1 Å². The molecule has 25 heavy (non-hydrogen) atoms. The van der Waals surface area contributed by atoms with Gasteiger partial charge in [0.15, 0.2) is 0 Å². The van der Waals surface area contributed by atoms with Gasteiger partial charge in [0.1, 0.15) is 11.8 Å². The molecule has 0 bridgehead atoms. The first kappa shape index (κ1) is 15.1. The van der Waals surface area contributed by atoms with Crippen LogP contribution in [0.1, 0.15) is 10.5 Å². The number of benzene rings is 1. The molecule has 1 amide bonds. The molecule has 126 valence electrons. The number of ether oxygens (including phenoxy) is 1. The van der Waals surface area contributed by atoms with E-state index in [0.29, 0.717) is 19.0 Å². The van der Waals surface area contributed by atoms with Crippen molar-refractivity contribution in [2.24, 2.45) is 0 Å². The average Bonchev–Trinajstić information content (AvgIpc) is 2.56. The fraction of sp³-hybridized carbons (Fsp3) is 0.176. The number of aromatic nitrogens is 3. The van der Waals surface area contributed by atoms with Crippen molar-refractivity contribution in [1.82, 2.24) is 19.9 Å². The van der Waals surface area contributed by atoms with Gasteiger partial charge in [0, 0.05) is 17.5 Å². The molecule has 2 N–H and O–H groups in total. The lowest BCUT2D eigenvalue weighted by Crippen LogP contribution is -2.56. The zero-order valence-corrected chi connectivity index (χ0v) is 13.1. The smallest absolute Gasteiger partial charge is 0.326 e. The molecular weight excluding hydrogens is 324 g/mol. The maximum atomic E-state index is 12.2. The van der Waals surface area contributed by atoms with E-state index in [1.165, 1.54) is 4.90 Å². The number of para-hydroxylation sites is 1. The Kier molecular flexibility index (Phi) is 3.57. The van der Waals surface area contributed by atoms with E-state index in [1.807, 2.05) is 35.3 Å². The number of aromatic amines is 2. The van der Waals surface area contributed by atoms with Crippen LogP contribution >= 0.6 is 0 Å². The number of fused-ring (bicyclic) bond motifs is 1. The van der Waals surface area contributed by atoms with E-state index in [2.05, 4.69) is 9.97 Å². The van der Waals surface area contributed by atoms with Crippen molar-refractivity contribution in [3.63, 3.8) is 0 Å². The molecule has 1 aliphatic rings. The van der Waals surface area contributed by atoms with Crippen molar-refractivity contribution >= 4 is 16.8 Å². The zero-order valence-electron chi connectivity index (χ0n) is 13.1. The second kappa shape index (κ2) is 5.90. The van der Waals surface area contributed by atoms with Crippen molar-refractivity contribution in [3.05, 3.63) is 69.0 Å². The number of amides is 1. The number of carbonyl (C=O) groups is 1. The van der Waals surface area contributed by atoms with Crippen LogP contribution in [-0.2, 0) is 0 Å². The largest absolute Gasteiger partial charge is 0.471 e. The maximum Gasteiger partial charge on any atom is 0.326 e. The van der Waals surface area contributed by atoms with Gasteiger partial charge in [-0.3, -0.25) is 14.6 Å². The molecule has 3 heterocycles. The highest BCUT2D eigenvalue weighted by Crippen LogP contribution is 2.20. The standard InChI is InChI=1S/C17H14N4O4/c22-14-7-13(19-17(24)20-14)16(23)21-8-11(9-21)25-15-6-5-10-3-1-2-4-12(10)18-15/h1-7,11H,8-9H2,(H2,19,20,22,24). The van der Waals surface area contributed by atoms with Gasteiger partial charge in [-0.25, -0.2) is 9.78 Å². The highest BCUT2D eigenvalue weighted by molar-refractivity contribution is 5.92. The number of H-pyrrole nitrogens is 2. The number of pyridine rings is 1. The molecule has 0 saturated carbocycles. The number of hydrogen-bond acceptors (Lipinski definition) is 5. The van der Waals surface area contributed by atoms with Crippen LogP contribution in [-0.4, -0.2) is 45.0 Å². The molecule has 1 saturated heterocycles. The van der Waals surface area contributed by atoms with Gasteiger partial charge in [-0.1, -0.05) is 18.2 Å². The summed E-state index contributed by atoms with van der Waals surface area (Å²) in [7, 11) is 0. The molecule has 0 atom stereocenters. The minimum Gasteiger partial charge on any atom is -0.471 e. The molecule has 1 aliphatic heterocycles. The number of nitrogens with one attached hydrogen (secondary N) is 2. The maximum absolute atomic E-state index is 12.2. The fourth-order valence-electron chi connectivity index (χ4n) is 2.72. The lowest BCUT2D eigenvalue weighted by atomic mass is 10.1. The molecule has 4 rings (SSSR count). The summed E-state index contributed by atoms with van der Waals surface area (Å²) in [6.45, 7) is 0.727. The number of nitrogens with zero attached hydrogens (tertiary/aromatic N) is 2. The van der Waals surface area contributed by atoms with Crippen molar-refractivity contribution in [1.29, 1.82) is 0 Å². The predicted octanol–water partition coefficient (Wildman–Crippen LogP) is 0.515. The van der Waals surface area contributed by atoms with E-state index < -0.39 is 17.2 Å². The third-order valence-electron chi connectivity index (χ3n) is 3.99. The normalized spacial score (nSPS) is 14.3. The molecule has 0 aliphatic carbocycles. The van der Waals surface area contributed by atoms with E-state index >= 15 is 0 Å². The highest BCUT2D eigenvalue weighted by atomic mass is 16.5. The highest BCUT2D eigenvalue weighted by Gasteiger charge is 2.33. The summed E-state index contributed by atoms with van der Waals surface area (Å²) >= 11 is 0. The van der Waals surface area contributed by atoms with E-state index in [-0.39, 0.29) is 11.8 Å². The Balaban J connectivity index is 1.42. The summed E-state index contributed by atoms with van der Waals surface area (Å²) in [6.07, 6.45) is -0.175. The van der Waals surface area contributed by atoms with Crippen molar-refractivity contribution in [3.8, 4) is 5.88 Å². The molecule has 2 aromatic heterocycles. The quantitative estimate of drug-likeness (QED) is 0.723. The predicted molar refractivity (Wildman–Crippen MR) is 89.7 cm³/mol. The second-order valence-corrected chi connectivity index (χ2v) is 5.79. The van der Waals surface area contributed by atoms with Gasteiger partial charge in [-0.2, -0.15) is 0 Å². The number of hydrogen-bond donors (Lipinski definition) is 2. The third kappa shape index (κ3) is 3.01. The minimum absolute atomic E-state index is 0.0315. The van der Waals surface area contributed by atoms with Crippen LogP contribution in [0.3, 0.4) is 0 Å². The van der Waals surface area contributed by atoms with Crippen LogP contribution in [0.15, 0.2) is 52.1 Å². The zero-order chi connectivity index (χ0) is 17.4. The summed E-state index contributed by atoms with van der Waals surface area (Å²) in [5, 5.41) is 1.03. The molecule has 1 fully saturated rings. The lowest BCUT2D eigenvalue weighted by Gasteiger charge is -2.38. The van der Waals surface area contributed by atoms with E-state index in [1.54, 1.807) is 6.07 Å². The Morgan fingerprint density at radius 1 is 1.12 bits per heavy atom. The van der Waals surface area contributed by atoms with Crippen LogP contribution in [0, 0.1) is 0 Å². The molecule has 0 unspecified atom stereocenters. The van der Waals surface area contributed by atoms with Gasteiger partial charge in [0.05, 0.1) is 18.6 Å². The first-order valence-electron chi connectivity index (χ1n) is 7.74. The van der Waals surface area contributed by atoms with Gasteiger partial charge < -0.3 is 14.6 Å². The Morgan fingerprint density at radius 2 is 1.92 bits per heavy atom. The second-order valence-electron chi connectivity index (χ2n) is 5.79. The SMILES string of the molecule is O=C(c1cc(=O)[nH]c(=O)[nH]1)N1CC(Oc2ccc3ccccc3n2)C1. The van der Waals surface area contributed by atoms with Gasteiger partial charge in [0.25, 0.3) is 11.5 Å². The summed E-state index contributed by atoms with van der Waals surface area (Å²) < 4.78 is 5.78. The molecule has 0 spiro atoms. The van der Waals surface area contributed by atoms with Gasteiger partial charge >= 0.3 is 5.69 Å². The molecule has 8 heteroatoms. The number of carbonyl (C=O) groups excluding carboxylic acids is 1. The molecule has 0 radical (unpaired) electrons. The lowest BCUT2D eigenvalue weighted by molar-refractivity contribution is 0.0156. The van der Waals surface area contributed by atoms with Crippen LogP contribution in [0.4, 0.5) is 0 Å². The third-order valence-corrected chi connectivity index (χ3v) is 3.99. The first-order chi connectivity index (χ1) is 12.1. The Labute approximate surface area is 141 Å². The van der Waals surface area contributed by atoms with E-state index in [4.69, 9.17) is 4.74 Å². The van der Waals surface area contributed by atoms with Crippen LogP contribution in [0.2, 0.25) is 0 Å². The van der Waals surface area contributed by atoms with Crippen molar-refractivity contribution < 1.29 is 9.53 Å². The summed E-state index contributed by atoms with van der Waals surface area (Å²) in [5.41, 5.74) is -0.505. The molecule has 8 nitrogen and oxygen atoms in total. The average molecular weight is 338 g/mol. The van der Waals surface area contributed by atoms with Crippen LogP contribution in [0.5, 0.6) is 5.88 Å². The number of likely N-dealkylation sites (tertiary alicyclic amines) is 1. The van der Waals surface area contributed by atoms with E-state index in [0.717, 1.165) is 17.0 Å². The van der Waals surface area contributed by atoms with Crippen LogP contribution < -0.4 is 16.0 Å². The summed E-state index contributed by atoms with van der Waals surface area (Å²) in [4.78, 5) is 45.0. The van der Waals surface area contributed by atoms with E-state index in [9.17, 15) is 14.4 Å². The Morgan fingerprint density at radius 3 is 2.72 bits per heavy atom.